The molecule has 0 fully saturated rings. The third-order valence-electron chi connectivity index (χ3n) is 4.15. The Bertz CT molecular complexity index is 920. The van der Waals surface area contributed by atoms with Crippen LogP contribution in [0.4, 0.5) is 5.69 Å². The summed E-state index contributed by atoms with van der Waals surface area (Å²) in [5.74, 6) is -0.270. The predicted octanol–water partition coefficient (Wildman–Crippen LogP) is 3.94. The number of para-hydroxylation sites is 1. The molecule has 0 radical (unpaired) electrons. The van der Waals surface area contributed by atoms with Crippen LogP contribution in [-0.2, 0) is 17.8 Å². The predicted molar refractivity (Wildman–Crippen MR) is 104 cm³/mol. The molecule has 0 bridgehead atoms. The Morgan fingerprint density at radius 2 is 1.77 bits per heavy atom. The van der Waals surface area contributed by atoms with E-state index < -0.39 is 5.97 Å². The molecule has 0 amide bonds. The Hall–Kier alpha value is -2.79. The summed E-state index contributed by atoms with van der Waals surface area (Å²) in [4.78, 5) is 17.9. The van der Waals surface area contributed by atoms with Crippen molar-refractivity contribution in [3.05, 3.63) is 71.0 Å². The third kappa shape index (κ3) is 3.73. The van der Waals surface area contributed by atoms with Crippen LogP contribution >= 0.6 is 11.6 Å². The lowest BCUT2D eigenvalue weighted by Crippen LogP contribution is -2.13. The molecule has 3 rings (SSSR count). The van der Waals surface area contributed by atoms with E-state index in [1.165, 1.54) is 0 Å². The maximum absolute atomic E-state index is 11.3. The summed E-state index contributed by atoms with van der Waals surface area (Å²) in [5, 5.41) is 9.53. The SMILES string of the molecule is CN(C)c1ccccc1-c1nc(Cl)c(CC(=O)O)n1Cc1ccccc1. The van der Waals surface area contributed by atoms with E-state index in [1.807, 2.05) is 78.2 Å². The smallest absolute Gasteiger partial charge is 0.309 e. The number of hydrogen-bond acceptors (Lipinski definition) is 3. The van der Waals surface area contributed by atoms with Crippen molar-refractivity contribution in [2.45, 2.75) is 13.0 Å². The summed E-state index contributed by atoms with van der Waals surface area (Å²) in [6, 6.07) is 17.7. The zero-order valence-corrected chi connectivity index (χ0v) is 15.4. The summed E-state index contributed by atoms with van der Waals surface area (Å²) in [5.41, 5.74) is 3.46. The molecule has 0 spiro atoms. The molecule has 6 heteroatoms. The lowest BCUT2D eigenvalue weighted by Gasteiger charge is -2.18. The van der Waals surface area contributed by atoms with Crippen LogP contribution in [0.15, 0.2) is 54.6 Å². The van der Waals surface area contributed by atoms with Crippen molar-refractivity contribution in [2.24, 2.45) is 0 Å². The number of aliphatic carboxylic acids is 1. The van der Waals surface area contributed by atoms with Gasteiger partial charge in [-0.15, -0.1) is 0 Å². The topological polar surface area (TPSA) is 58.4 Å². The number of carbonyl (C=O) groups is 1. The van der Waals surface area contributed by atoms with Gasteiger partial charge in [-0.05, 0) is 17.7 Å². The normalized spacial score (nSPS) is 10.7. The van der Waals surface area contributed by atoms with Gasteiger partial charge in [-0.1, -0.05) is 54.1 Å². The minimum absolute atomic E-state index is 0.178. The van der Waals surface area contributed by atoms with Crippen LogP contribution in [0.1, 0.15) is 11.3 Å². The fraction of sp³-hybridized carbons (Fsp3) is 0.200. The van der Waals surface area contributed by atoms with Gasteiger partial charge in [0.15, 0.2) is 5.15 Å². The molecule has 0 saturated carbocycles. The van der Waals surface area contributed by atoms with E-state index in [-0.39, 0.29) is 11.6 Å². The quantitative estimate of drug-likeness (QED) is 0.714. The van der Waals surface area contributed by atoms with Gasteiger partial charge in [0.25, 0.3) is 0 Å². The number of carboxylic acids is 1. The van der Waals surface area contributed by atoms with Gasteiger partial charge in [0.1, 0.15) is 5.82 Å². The number of imidazole rings is 1. The molecule has 0 atom stereocenters. The number of rotatable bonds is 6. The van der Waals surface area contributed by atoms with Crippen molar-refractivity contribution in [3.8, 4) is 11.4 Å². The molecule has 1 aromatic heterocycles. The standard InChI is InChI=1S/C20H20ClN3O2/c1-23(2)16-11-7-6-10-15(16)20-22-19(21)17(12-18(25)26)24(20)13-14-8-4-3-5-9-14/h3-11H,12-13H2,1-2H3,(H,25,26). The number of hydrogen-bond donors (Lipinski definition) is 1. The fourth-order valence-electron chi connectivity index (χ4n) is 2.96. The van der Waals surface area contributed by atoms with Crippen molar-refractivity contribution in [1.82, 2.24) is 9.55 Å². The van der Waals surface area contributed by atoms with Crippen LogP contribution in [0.2, 0.25) is 5.15 Å². The largest absolute Gasteiger partial charge is 0.481 e. The number of carboxylic acid groups (broad SMARTS) is 1. The lowest BCUT2D eigenvalue weighted by molar-refractivity contribution is -0.136. The Balaban J connectivity index is 2.18. The van der Waals surface area contributed by atoms with Gasteiger partial charge in [-0.3, -0.25) is 4.79 Å². The highest BCUT2D eigenvalue weighted by Gasteiger charge is 2.21. The van der Waals surface area contributed by atoms with Crippen LogP contribution in [-0.4, -0.2) is 34.7 Å². The molecule has 3 aromatic rings. The molecule has 0 aliphatic carbocycles. The number of anilines is 1. The van der Waals surface area contributed by atoms with Crippen molar-refractivity contribution in [2.75, 3.05) is 19.0 Å². The van der Waals surface area contributed by atoms with E-state index >= 15 is 0 Å². The molecule has 1 N–H and O–H groups in total. The van der Waals surface area contributed by atoms with Crippen molar-refractivity contribution in [1.29, 1.82) is 0 Å². The third-order valence-corrected chi connectivity index (χ3v) is 4.46. The van der Waals surface area contributed by atoms with Gasteiger partial charge in [-0.25, -0.2) is 4.98 Å². The number of aromatic nitrogens is 2. The second-order valence-electron chi connectivity index (χ2n) is 6.23. The average molecular weight is 370 g/mol. The first-order valence-electron chi connectivity index (χ1n) is 8.24. The molecule has 0 aliphatic rings. The van der Waals surface area contributed by atoms with Crippen LogP contribution in [0.25, 0.3) is 11.4 Å². The Labute approximate surface area is 157 Å². The van der Waals surface area contributed by atoms with E-state index in [0.29, 0.717) is 18.1 Å². The average Bonchev–Trinajstić information content (AvgIpc) is 2.91. The van der Waals surface area contributed by atoms with Crippen LogP contribution in [0.5, 0.6) is 0 Å². The monoisotopic (exact) mass is 369 g/mol. The minimum atomic E-state index is -0.937. The number of nitrogens with zero attached hydrogens (tertiary/aromatic N) is 3. The number of benzene rings is 2. The summed E-state index contributed by atoms with van der Waals surface area (Å²) >= 11 is 6.33. The van der Waals surface area contributed by atoms with Gasteiger partial charge >= 0.3 is 5.97 Å². The van der Waals surface area contributed by atoms with Gasteiger partial charge < -0.3 is 14.6 Å². The van der Waals surface area contributed by atoms with Crippen LogP contribution < -0.4 is 4.90 Å². The first-order valence-corrected chi connectivity index (χ1v) is 8.62. The van der Waals surface area contributed by atoms with Crippen LogP contribution in [0, 0.1) is 0 Å². The van der Waals surface area contributed by atoms with Gasteiger partial charge in [-0.2, -0.15) is 0 Å². The highest BCUT2D eigenvalue weighted by atomic mass is 35.5. The summed E-state index contributed by atoms with van der Waals surface area (Å²) in [7, 11) is 3.92. The molecular weight excluding hydrogens is 350 g/mol. The van der Waals surface area contributed by atoms with E-state index in [9.17, 15) is 9.90 Å². The van der Waals surface area contributed by atoms with Gasteiger partial charge in [0.05, 0.1) is 12.1 Å². The van der Waals surface area contributed by atoms with Crippen LogP contribution in [0.3, 0.4) is 0 Å². The maximum atomic E-state index is 11.3. The lowest BCUT2D eigenvalue weighted by atomic mass is 10.1. The highest BCUT2D eigenvalue weighted by Crippen LogP contribution is 2.33. The van der Waals surface area contributed by atoms with E-state index in [2.05, 4.69) is 4.98 Å². The fourth-order valence-corrected chi connectivity index (χ4v) is 3.21. The molecular formula is C20H20ClN3O2. The van der Waals surface area contributed by atoms with E-state index in [0.717, 1.165) is 16.8 Å². The Morgan fingerprint density at radius 3 is 2.42 bits per heavy atom. The number of halogens is 1. The minimum Gasteiger partial charge on any atom is -0.481 e. The summed E-state index contributed by atoms with van der Waals surface area (Å²) < 4.78 is 1.90. The molecule has 0 saturated heterocycles. The zero-order chi connectivity index (χ0) is 18.7. The molecule has 134 valence electrons. The Morgan fingerprint density at radius 1 is 1.12 bits per heavy atom. The molecule has 0 aliphatic heterocycles. The molecule has 0 unspecified atom stereocenters. The van der Waals surface area contributed by atoms with Gasteiger partial charge in [0.2, 0.25) is 0 Å². The van der Waals surface area contributed by atoms with Crippen molar-refractivity contribution < 1.29 is 9.90 Å². The first-order chi connectivity index (χ1) is 12.5. The van der Waals surface area contributed by atoms with E-state index in [4.69, 9.17) is 11.6 Å². The second-order valence-corrected chi connectivity index (χ2v) is 6.58. The second kappa shape index (κ2) is 7.62. The molecule has 2 aromatic carbocycles. The molecule has 1 heterocycles. The van der Waals surface area contributed by atoms with E-state index in [1.54, 1.807) is 0 Å². The maximum Gasteiger partial charge on any atom is 0.309 e. The highest BCUT2D eigenvalue weighted by molar-refractivity contribution is 6.30. The van der Waals surface area contributed by atoms with Gasteiger partial charge in [0, 0.05) is 31.9 Å². The molecule has 5 nitrogen and oxygen atoms in total. The first kappa shape index (κ1) is 18.0. The Kier molecular flexibility index (Phi) is 5.28. The van der Waals surface area contributed by atoms with Crippen molar-refractivity contribution >= 4 is 23.3 Å². The summed E-state index contributed by atoms with van der Waals surface area (Å²) in [6.45, 7) is 0.500. The zero-order valence-electron chi connectivity index (χ0n) is 14.7. The summed E-state index contributed by atoms with van der Waals surface area (Å²) in [6.07, 6.45) is -0.178. The molecule has 26 heavy (non-hydrogen) atoms. The van der Waals surface area contributed by atoms with Crippen molar-refractivity contribution in [3.63, 3.8) is 0 Å².